The summed E-state index contributed by atoms with van der Waals surface area (Å²) in [6.45, 7) is 4.20. The van der Waals surface area contributed by atoms with E-state index in [1.807, 2.05) is 6.08 Å². The molecule has 0 saturated carbocycles. The second-order valence-electron chi connectivity index (χ2n) is 16.7. The minimum atomic E-state index is -0.952. The van der Waals surface area contributed by atoms with Crippen LogP contribution in [0.1, 0.15) is 245 Å². The summed E-state index contributed by atoms with van der Waals surface area (Å²) in [7, 11) is 0. The van der Waals surface area contributed by atoms with Gasteiger partial charge >= 0.3 is 0 Å². The SMILES string of the molecule is CCCCCCCCCC/C=C/CC/C=C/C(O)C(CO)NC(=O)CC(O)CCCCCCCCCCCCC/C=C\C/C=C\CCCCCCCCCCC. The molecule has 0 heterocycles. The standard InChI is InChI=1S/C51H95NO4/c1-3-5-7-9-11-13-15-17-19-20-21-22-23-24-25-26-27-28-29-30-31-32-34-36-38-40-42-44-48(54)46-51(56)52-49(47-53)50(55)45-43-41-39-37-35-33-18-16-14-12-10-8-6-4-2/h21-22,24-25,35,37,43,45,48-50,53-55H,3-20,23,26-34,36,38-42,44,46-47H2,1-2H3,(H,52,56)/b22-21-,25-24-,37-35+,45-43+. The van der Waals surface area contributed by atoms with Crippen LogP contribution in [0.15, 0.2) is 48.6 Å². The molecule has 5 nitrogen and oxygen atoms in total. The maximum atomic E-state index is 12.4. The van der Waals surface area contributed by atoms with Gasteiger partial charge in [-0.3, -0.25) is 4.79 Å². The van der Waals surface area contributed by atoms with Gasteiger partial charge in [0.1, 0.15) is 0 Å². The van der Waals surface area contributed by atoms with Crippen molar-refractivity contribution in [2.75, 3.05) is 6.61 Å². The molecule has 3 unspecified atom stereocenters. The van der Waals surface area contributed by atoms with E-state index >= 15 is 0 Å². The number of allylic oxidation sites excluding steroid dienone is 7. The summed E-state index contributed by atoms with van der Waals surface area (Å²) in [4.78, 5) is 12.4. The highest BCUT2D eigenvalue weighted by molar-refractivity contribution is 5.76. The number of nitrogens with one attached hydrogen (secondary N) is 1. The third kappa shape index (κ3) is 41.9. The Morgan fingerprint density at radius 1 is 0.464 bits per heavy atom. The smallest absolute Gasteiger partial charge is 0.222 e. The Morgan fingerprint density at radius 3 is 1.25 bits per heavy atom. The lowest BCUT2D eigenvalue weighted by molar-refractivity contribution is -0.124. The highest BCUT2D eigenvalue weighted by atomic mass is 16.3. The van der Waals surface area contributed by atoms with Gasteiger partial charge in [-0.05, 0) is 64.2 Å². The fraction of sp³-hybridized carbons (Fsp3) is 0.824. The molecule has 1 amide bonds. The van der Waals surface area contributed by atoms with Crippen LogP contribution in [0.2, 0.25) is 0 Å². The molecule has 5 heteroatoms. The fourth-order valence-electron chi connectivity index (χ4n) is 7.33. The summed E-state index contributed by atoms with van der Waals surface area (Å²) in [5.74, 6) is -0.327. The van der Waals surface area contributed by atoms with Gasteiger partial charge in [0.2, 0.25) is 5.91 Å². The lowest BCUT2D eigenvalue weighted by Gasteiger charge is -2.21. The Morgan fingerprint density at radius 2 is 0.821 bits per heavy atom. The van der Waals surface area contributed by atoms with Crippen LogP contribution in [0.3, 0.4) is 0 Å². The van der Waals surface area contributed by atoms with Gasteiger partial charge in [-0.2, -0.15) is 0 Å². The van der Waals surface area contributed by atoms with Crippen LogP contribution in [-0.4, -0.2) is 46.1 Å². The van der Waals surface area contributed by atoms with Crippen molar-refractivity contribution in [1.82, 2.24) is 5.32 Å². The van der Waals surface area contributed by atoms with E-state index in [0.717, 1.165) is 38.5 Å². The fourth-order valence-corrected chi connectivity index (χ4v) is 7.33. The summed E-state index contributed by atoms with van der Waals surface area (Å²) < 4.78 is 0. The number of rotatable bonds is 44. The highest BCUT2D eigenvalue weighted by Gasteiger charge is 2.20. The maximum Gasteiger partial charge on any atom is 0.222 e. The maximum absolute atomic E-state index is 12.4. The predicted molar refractivity (Wildman–Crippen MR) is 245 cm³/mol. The van der Waals surface area contributed by atoms with Crippen molar-refractivity contribution in [2.45, 2.75) is 263 Å². The molecule has 0 bridgehead atoms. The number of hydrogen-bond donors (Lipinski definition) is 4. The van der Waals surface area contributed by atoms with E-state index in [1.165, 1.54) is 180 Å². The molecule has 0 saturated heterocycles. The molecule has 0 aliphatic rings. The summed E-state index contributed by atoms with van der Waals surface area (Å²) in [6.07, 6.45) is 59.9. The molecule has 0 aromatic carbocycles. The first-order valence-corrected chi connectivity index (χ1v) is 24.4. The van der Waals surface area contributed by atoms with Crippen LogP contribution in [0.4, 0.5) is 0 Å². The topological polar surface area (TPSA) is 89.8 Å². The quantitative estimate of drug-likeness (QED) is 0.0366. The minimum absolute atomic E-state index is 0.00366. The molecule has 0 aliphatic heterocycles. The first-order chi connectivity index (χ1) is 27.5. The van der Waals surface area contributed by atoms with E-state index in [-0.39, 0.29) is 18.9 Å². The van der Waals surface area contributed by atoms with Crippen molar-refractivity contribution in [3.05, 3.63) is 48.6 Å². The largest absolute Gasteiger partial charge is 0.394 e. The Labute approximate surface area is 348 Å². The van der Waals surface area contributed by atoms with E-state index < -0.39 is 18.2 Å². The summed E-state index contributed by atoms with van der Waals surface area (Å²) >= 11 is 0. The average molecular weight is 786 g/mol. The molecule has 0 aliphatic carbocycles. The van der Waals surface area contributed by atoms with Crippen molar-refractivity contribution < 1.29 is 20.1 Å². The minimum Gasteiger partial charge on any atom is -0.394 e. The highest BCUT2D eigenvalue weighted by Crippen LogP contribution is 2.15. The van der Waals surface area contributed by atoms with Gasteiger partial charge in [-0.25, -0.2) is 0 Å². The van der Waals surface area contributed by atoms with Crippen LogP contribution >= 0.6 is 0 Å². The first-order valence-electron chi connectivity index (χ1n) is 24.4. The van der Waals surface area contributed by atoms with Crippen molar-refractivity contribution in [1.29, 1.82) is 0 Å². The number of aliphatic hydroxyl groups is 3. The summed E-state index contributed by atoms with van der Waals surface area (Å²) in [5.41, 5.74) is 0. The van der Waals surface area contributed by atoms with Gasteiger partial charge < -0.3 is 20.6 Å². The molecule has 0 aromatic heterocycles. The third-order valence-electron chi connectivity index (χ3n) is 11.1. The number of hydrogen-bond acceptors (Lipinski definition) is 4. The average Bonchev–Trinajstić information content (AvgIpc) is 3.19. The van der Waals surface area contributed by atoms with E-state index in [0.29, 0.717) is 6.42 Å². The molecule has 4 N–H and O–H groups in total. The molecular weight excluding hydrogens is 691 g/mol. The zero-order valence-corrected chi connectivity index (χ0v) is 37.3. The van der Waals surface area contributed by atoms with E-state index in [9.17, 15) is 20.1 Å². The third-order valence-corrected chi connectivity index (χ3v) is 11.1. The second-order valence-corrected chi connectivity index (χ2v) is 16.7. The molecular formula is C51H95NO4. The van der Waals surface area contributed by atoms with Gasteiger partial charge in [-0.15, -0.1) is 0 Å². The first kappa shape index (κ1) is 54.3. The zero-order chi connectivity index (χ0) is 40.8. The predicted octanol–water partition coefficient (Wildman–Crippen LogP) is 14.5. The molecule has 328 valence electrons. The molecule has 56 heavy (non-hydrogen) atoms. The number of carbonyl (C=O) groups is 1. The molecule has 3 atom stereocenters. The molecule has 0 radical (unpaired) electrons. The second kappa shape index (κ2) is 46.0. The van der Waals surface area contributed by atoms with Crippen molar-refractivity contribution in [3.63, 3.8) is 0 Å². The number of aliphatic hydroxyl groups excluding tert-OH is 3. The van der Waals surface area contributed by atoms with Crippen molar-refractivity contribution >= 4 is 5.91 Å². The molecule has 0 fully saturated rings. The van der Waals surface area contributed by atoms with E-state index in [4.69, 9.17) is 0 Å². The van der Waals surface area contributed by atoms with Crippen LogP contribution in [0, 0.1) is 0 Å². The lowest BCUT2D eigenvalue weighted by atomic mass is 10.0. The van der Waals surface area contributed by atoms with Gasteiger partial charge in [-0.1, -0.05) is 223 Å². The Kier molecular flexibility index (Phi) is 44.6. The Bertz CT molecular complexity index is 912. The Hall–Kier alpha value is -1.69. The van der Waals surface area contributed by atoms with Crippen LogP contribution in [0.25, 0.3) is 0 Å². The van der Waals surface area contributed by atoms with Crippen LogP contribution in [-0.2, 0) is 4.79 Å². The van der Waals surface area contributed by atoms with E-state index in [2.05, 4.69) is 55.6 Å². The van der Waals surface area contributed by atoms with Gasteiger partial charge in [0.25, 0.3) is 0 Å². The summed E-state index contributed by atoms with van der Waals surface area (Å²) in [6, 6.07) is -0.762. The van der Waals surface area contributed by atoms with Gasteiger partial charge in [0.15, 0.2) is 0 Å². The lowest BCUT2D eigenvalue weighted by Crippen LogP contribution is -2.45. The normalized spacial score (nSPS) is 13.9. The number of carbonyl (C=O) groups excluding carboxylic acids is 1. The summed E-state index contributed by atoms with van der Waals surface area (Å²) in [5, 5.41) is 33.2. The van der Waals surface area contributed by atoms with Crippen LogP contribution < -0.4 is 5.32 Å². The van der Waals surface area contributed by atoms with Crippen molar-refractivity contribution in [3.8, 4) is 0 Å². The van der Waals surface area contributed by atoms with Crippen LogP contribution in [0.5, 0.6) is 0 Å². The molecule has 0 rings (SSSR count). The molecule has 0 spiro atoms. The van der Waals surface area contributed by atoms with Gasteiger partial charge in [0, 0.05) is 0 Å². The monoisotopic (exact) mass is 786 g/mol. The van der Waals surface area contributed by atoms with Crippen molar-refractivity contribution in [2.24, 2.45) is 0 Å². The van der Waals surface area contributed by atoms with E-state index in [1.54, 1.807) is 6.08 Å². The number of unbranched alkanes of at least 4 members (excludes halogenated alkanes) is 29. The number of amides is 1. The van der Waals surface area contributed by atoms with Gasteiger partial charge in [0.05, 0.1) is 31.3 Å². The molecule has 0 aromatic rings. The zero-order valence-electron chi connectivity index (χ0n) is 37.3. The Balaban J connectivity index is 3.62.